The lowest BCUT2D eigenvalue weighted by atomic mass is 10.1. The van der Waals surface area contributed by atoms with Crippen molar-refractivity contribution in [1.82, 2.24) is 0 Å². The Labute approximate surface area is 94.0 Å². The molecule has 0 atom stereocenters. The van der Waals surface area contributed by atoms with E-state index in [1.165, 1.54) is 6.07 Å². The highest BCUT2D eigenvalue weighted by Gasteiger charge is 2.34. The molecule has 1 aromatic carbocycles. The summed E-state index contributed by atoms with van der Waals surface area (Å²) in [6, 6.07) is 3.82. The maximum absolute atomic E-state index is 12.4. The fourth-order valence-corrected chi connectivity index (χ4v) is 1.50. The number of nitrogens with zero attached hydrogens (tertiary/aromatic N) is 1. The summed E-state index contributed by atoms with van der Waals surface area (Å²) in [5.74, 6) is 0. The first-order chi connectivity index (χ1) is 6.86. The van der Waals surface area contributed by atoms with Gasteiger partial charge in [0.2, 0.25) is 0 Å². The van der Waals surface area contributed by atoms with E-state index in [4.69, 9.17) is 28.5 Å². The third kappa shape index (κ3) is 2.77. The second-order valence-electron chi connectivity index (χ2n) is 2.77. The first kappa shape index (κ1) is 12.2. The quantitative estimate of drug-likeness (QED) is 0.740. The molecular weight excluding hydrogens is 250 g/mol. The summed E-state index contributed by atoms with van der Waals surface area (Å²) in [4.78, 5) is 0. The van der Waals surface area contributed by atoms with Crippen LogP contribution in [0.2, 0.25) is 10.0 Å². The van der Waals surface area contributed by atoms with Gasteiger partial charge < -0.3 is 0 Å². The highest BCUT2D eigenvalue weighted by molar-refractivity contribution is 6.42. The number of alkyl halides is 3. The van der Waals surface area contributed by atoms with Gasteiger partial charge in [0.25, 0.3) is 0 Å². The molecule has 0 bridgehead atoms. The van der Waals surface area contributed by atoms with Crippen LogP contribution < -0.4 is 0 Å². The average Bonchev–Trinajstić information content (AvgIpc) is 2.09. The normalized spacial score (nSPS) is 11.2. The standard InChI is InChI=1S/C9H4Cl2F3N/c10-7-4-5(1-2-15)3-6(8(7)11)9(12,13)14/h3-4H,1H2. The Morgan fingerprint density at radius 3 is 2.33 bits per heavy atom. The predicted molar refractivity (Wildman–Crippen MR) is 50.8 cm³/mol. The van der Waals surface area contributed by atoms with Gasteiger partial charge in [0.15, 0.2) is 0 Å². The molecule has 0 amide bonds. The van der Waals surface area contributed by atoms with Gasteiger partial charge in [0.1, 0.15) is 0 Å². The topological polar surface area (TPSA) is 23.8 Å². The van der Waals surface area contributed by atoms with Crippen LogP contribution in [0, 0.1) is 11.3 Å². The maximum Gasteiger partial charge on any atom is 0.417 e. The summed E-state index contributed by atoms with van der Waals surface area (Å²) in [5.41, 5.74) is -0.818. The van der Waals surface area contributed by atoms with Gasteiger partial charge in [-0.05, 0) is 17.7 Å². The molecule has 1 aromatic rings. The Morgan fingerprint density at radius 2 is 1.87 bits per heavy atom. The van der Waals surface area contributed by atoms with Crippen LogP contribution in [-0.2, 0) is 12.6 Å². The molecule has 0 N–H and O–H groups in total. The summed E-state index contributed by atoms with van der Waals surface area (Å²) in [6.45, 7) is 0. The van der Waals surface area contributed by atoms with Crippen LogP contribution in [0.15, 0.2) is 12.1 Å². The highest BCUT2D eigenvalue weighted by atomic mass is 35.5. The minimum atomic E-state index is -4.56. The molecule has 15 heavy (non-hydrogen) atoms. The molecule has 1 rings (SSSR count). The minimum absolute atomic E-state index is 0.139. The van der Waals surface area contributed by atoms with Gasteiger partial charge in [-0.3, -0.25) is 0 Å². The SMILES string of the molecule is N#CCc1cc(Cl)c(Cl)c(C(F)(F)F)c1. The number of benzene rings is 1. The Balaban J connectivity index is 3.33. The molecule has 0 aliphatic carbocycles. The Kier molecular flexibility index (Phi) is 3.48. The van der Waals surface area contributed by atoms with Crippen molar-refractivity contribution in [3.63, 3.8) is 0 Å². The third-order valence-electron chi connectivity index (χ3n) is 1.68. The van der Waals surface area contributed by atoms with Crippen molar-refractivity contribution < 1.29 is 13.2 Å². The van der Waals surface area contributed by atoms with Crippen LogP contribution in [-0.4, -0.2) is 0 Å². The number of rotatable bonds is 1. The monoisotopic (exact) mass is 253 g/mol. The van der Waals surface area contributed by atoms with Gasteiger partial charge in [0.05, 0.1) is 28.1 Å². The fourth-order valence-electron chi connectivity index (χ4n) is 1.04. The lowest BCUT2D eigenvalue weighted by Gasteiger charge is -2.11. The zero-order chi connectivity index (χ0) is 11.6. The van der Waals surface area contributed by atoms with Crippen molar-refractivity contribution in [2.75, 3.05) is 0 Å². The van der Waals surface area contributed by atoms with E-state index in [1.807, 2.05) is 0 Å². The van der Waals surface area contributed by atoms with E-state index in [1.54, 1.807) is 6.07 Å². The van der Waals surface area contributed by atoms with E-state index in [0.29, 0.717) is 0 Å². The first-order valence-electron chi connectivity index (χ1n) is 3.78. The molecule has 0 radical (unpaired) electrons. The van der Waals surface area contributed by atoms with Crippen LogP contribution in [0.3, 0.4) is 0 Å². The summed E-state index contributed by atoms with van der Waals surface area (Å²) in [5, 5.41) is 7.63. The summed E-state index contributed by atoms with van der Waals surface area (Å²) < 4.78 is 37.3. The summed E-state index contributed by atoms with van der Waals surface area (Å²) >= 11 is 10.9. The van der Waals surface area contributed by atoms with Crippen LogP contribution in [0.4, 0.5) is 13.2 Å². The van der Waals surface area contributed by atoms with Crippen LogP contribution in [0.5, 0.6) is 0 Å². The summed E-state index contributed by atoms with van der Waals surface area (Å²) in [7, 11) is 0. The third-order valence-corrected chi connectivity index (χ3v) is 2.48. The Hall–Kier alpha value is -0.920. The van der Waals surface area contributed by atoms with Gasteiger partial charge in [-0.2, -0.15) is 18.4 Å². The molecule has 0 saturated carbocycles. The molecule has 0 aliphatic rings. The van der Waals surface area contributed by atoms with Crippen LogP contribution >= 0.6 is 23.2 Å². The van der Waals surface area contributed by atoms with E-state index >= 15 is 0 Å². The first-order valence-corrected chi connectivity index (χ1v) is 4.54. The molecule has 0 fully saturated rings. The van der Waals surface area contributed by atoms with Gasteiger partial charge >= 0.3 is 6.18 Å². The second-order valence-corrected chi connectivity index (χ2v) is 3.56. The predicted octanol–water partition coefficient (Wildman–Crippen LogP) is 4.08. The lowest BCUT2D eigenvalue weighted by molar-refractivity contribution is -0.137. The van der Waals surface area contributed by atoms with Gasteiger partial charge in [-0.1, -0.05) is 23.2 Å². The zero-order valence-corrected chi connectivity index (χ0v) is 8.71. The number of hydrogen-bond acceptors (Lipinski definition) is 1. The van der Waals surface area contributed by atoms with E-state index in [0.717, 1.165) is 6.07 Å². The number of nitriles is 1. The van der Waals surface area contributed by atoms with Crippen molar-refractivity contribution in [3.8, 4) is 6.07 Å². The van der Waals surface area contributed by atoms with E-state index < -0.39 is 16.8 Å². The van der Waals surface area contributed by atoms with Crippen LogP contribution in [0.25, 0.3) is 0 Å². The van der Waals surface area contributed by atoms with Gasteiger partial charge in [0, 0.05) is 0 Å². The Bertz CT molecular complexity index is 421. The number of hydrogen-bond donors (Lipinski definition) is 0. The highest BCUT2D eigenvalue weighted by Crippen LogP contribution is 2.38. The summed E-state index contributed by atoms with van der Waals surface area (Å²) in [6.07, 6.45) is -4.70. The molecule has 80 valence electrons. The molecular formula is C9H4Cl2F3N. The largest absolute Gasteiger partial charge is 0.417 e. The molecule has 1 nitrogen and oxygen atoms in total. The maximum atomic E-state index is 12.4. The van der Waals surface area contributed by atoms with E-state index in [2.05, 4.69) is 0 Å². The molecule has 0 heterocycles. The van der Waals surface area contributed by atoms with Gasteiger partial charge in [-0.15, -0.1) is 0 Å². The van der Waals surface area contributed by atoms with Crippen molar-refractivity contribution >= 4 is 23.2 Å². The molecule has 0 spiro atoms. The molecule has 0 unspecified atom stereocenters. The molecule has 0 saturated heterocycles. The molecule has 0 aliphatic heterocycles. The zero-order valence-electron chi connectivity index (χ0n) is 7.20. The minimum Gasteiger partial charge on any atom is -0.198 e. The van der Waals surface area contributed by atoms with Gasteiger partial charge in [-0.25, -0.2) is 0 Å². The smallest absolute Gasteiger partial charge is 0.198 e. The average molecular weight is 254 g/mol. The van der Waals surface area contributed by atoms with E-state index in [9.17, 15) is 13.2 Å². The van der Waals surface area contributed by atoms with Crippen molar-refractivity contribution in [1.29, 1.82) is 5.26 Å². The lowest BCUT2D eigenvalue weighted by Crippen LogP contribution is -2.07. The fraction of sp³-hybridized carbons (Fsp3) is 0.222. The van der Waals surface area contributed by atoms with E-state index in [-0.39, 0.29) is 17.0 Å². The van der Waals surface area contributed by atoms with Crippen LogP contribution in [0.1, 0.15) is 11.1 Å². The van der Waals surface area contributed by atoms with Crippen molar-refractivity contribution in [2.45, 2.75) is 12.6 Å². The number of halogens is 5. The van der Waals surface area contributed by atoms with Crippen molar-refractivity contribution in [3.05, 3.63) is 33.3 Å². The molecule has 0 aromatic heterocycles. The second kappa shape index (κ2) is 4.30. The van der Waals surface area contributed by atoms with Crippen molar-refractivity contribution in [2.24, 2.45) is 0 Å². The Morgan fingerprint density at radius 1 is 1.27 bits per heavy atom. The molecule has 6 heteroatoms.